The molecule has 8 nitrogen and oxygen atoms in total. The number of methoxy groups -OCH3 is 1. The highest BCUT2D eigenvalue weighted by Crippen LogP contribution is 2.47. The van der Waals surface area contributed by atoms with Crippen LogP contribution in [0.3, 0.4) is 0 Å². The quantitative estimate of drug-likeness (QED) is 0.515. The van der Waals surface area contributed by atoms with E-state index in [2.05, 4.69) is 5.32 Å². The van der Waals surface area contributed by atoms with E-state index in [1.807, 2.05) is 24.3 Å². The number of nitrogens with one attached hydrogen (secondary N) is 1. The van der Waals surface area contributed by atoms with E-state index in [0.29, 0.717) is 36.5 Å². The summed E-state index contributed by atoms with van der Waals surface area (Å²) in [5.41, 5.74) is 1.10. The number of amides is 2. The fourth-order valence-electron chi connectivity index (χ4n) is 4.57. The zero-order chi connectivity index (χ0) is 24.3. The first kappa shape index (κ1) is 23.9. The number of ether oxygens (including phenoxy) is 1. The van der Waals surface area contributed by atoms with Crippen molar-refractivity contribution in [2.24, 2.45) is 5.92 Å². The Balaban J connectivity index is 1.62. The average Bonchev–Trinajstić information content (AvgIpc) is 3.07. The molecule has 2 amide bonds. The summed E-state index contributed by atoms with van der Waals surface area (Å²) in [7, 11) is 1.55. The lowest BCUT2D eigenvalue weighted by molar-refractivity contribution is -0.139. The molecule has 4 rings (SSSR count). The van der Waals surface area contributed by atoms with Crippen molar-refractivity contribution in [3.63, 3.8) is 0 Å². The van der Waals surface area contributed by atoms with Gasteiger partial charge in [-0.05, 0) is 42.3 Å². The van der Waals surface area contributed by atoms with Gasteiger partial charge in [0.15, 0.2) is 5.60 Å². The van der Waals surface area contributed by atoms with Crippen LogP contribution in [0.25, 0.3) is 0 Å². The second kappa shape index (κ2) is 9.97. The first-order chi connectivity index (χ1) is 16.4. The molecule has 3 N–H and O–H groups in total. The number of benzene rings is 2. The van der Waals surface area contributed by atoms with Crippen molar-refractivity contribution in [3.8, 4) is 5.75 Å². The monoisotopic (exact) mass is 465 g/mol. The molecule has 2 atom stereocenters. The number of anilines is 2. The van der Waals surface area contributed by atoms with Gasteiger partial charge in [-0.3, -0.25) is 9.59 Å². The normalized spacial score (nSPS) is 21.3. The van der Waals surface area contributed by atoms with Crippen molar-refractivity contribution >= 4 is 23.2 Å². The third-order valence-corrected chi connectivity index (χ3v) is 6.53. The Kier molecular flexibility index (Phi) is 7.02. The molecule has 0 aromatic heterocycles. The summed E-state index contributed by atoms with van der Waals surface area (Å²) in [6, 6.07) is 12.9. The lowest BCUT2D eigenvalue weighted by Gasteiger charge is -2.28. The summed E-state index contributed by atoms with van der Waals surface area (Å²) in [5.74, 6) is -0.324. The highest BCUT2D eigenvalue weighted by Gasteiger charge is 2.52. The van der Waals surface area contributed by atoms with Crippen molar-refractivity contribution in [2.75, 3.05) is 43.2 Å². The molecule has 2 aromatic carbocycles. The standard InChI is InChI=1S/C26H31N3O5/c1-18(5-3-4-14-30)26(33)22-15-21(34-2)10-11-23(22)29(25(26)32)17-19-6-8-20(9-7-19)28-13-12-27-16-24(28)31/h3,5-11,15,18,27,30,33H,4,12-14,16-17H2,1-2H3/b5-3+/t18-,26+/m1/s1. The zero-order valence-electron chi connectivity index (χ0n) is 19.5. The predicted octanol–water partition coefficient (Wildman–Crippen LogP) is 1.94. The fraction of sp³-hybridized carbons (Fsp3) is 0.385. The number of nitrogens with zero attached hydrogens (tertiary/aromatic N) is 2. The molecule has 1 fully saturated rings. The molecule has 0 radical (unpaired) electrons. The van der Waals surface area contributed by atoms with E-state index in [9.17, 15) is 14.7 Å². The molecule has 2 aliphatic heterocycles. The van der Waals surface area contributed by atoms with Crippen molar-refractivity contribution in [2.45, 2.75) is 25.5 Å². The molecule has 2 aromatic rings. The number of aliphatic hydroxyl groups is 2. The highest BCUT2D eigenvalue weighted by molar-refractivity contribution is 6.07. The third kappa shape index (κ3) is 4.32. The Morgan fingerprint density at radius 2 is 1.97 bits per heavy atom. The number of carbonyl (C=O) groups is 2. The van der Waals surface area contributed by atoms with Crippen molar-refractivity contribution in [1.82, 2.24) is 5.32 Å². The first-order valence-electron chi connectivity index (χ1n) is 11.5. The maximum Gasteiger partial charge on any atom is 0.264 e. The van der Waals surface area contributed by atoms with Gasteiger partial charge in [0.05, 0.1) is 25.9 Å². The molecular formula is C26H31N3O5. The molecule has 2 heterocycles. The lowest BCUT2D eigenvalue weighted by Crippen LogP contribution is -2.48. The van der Waals surface area contributed by atoms with Crippen molar-refractivity contribution < 1.29 is 24.5 Å². The Labute approximate surface area is 199 Å². The van der Waals surface area contributed by atoms with Gasteiger partial charge in [0.25, 0.3) is 5.91 Å². The average molecular weight is 466 g/mol. The Bertz CT molecular complexity index is 1080. The molecule has 0 unspecified atom stereocenters. The number of carbonyl (C=O) groups excluding carboxylic acids is 2. The minimum absolute atomic E-state index is 0.00165. The lowest BCUT2D eigenvalue weighted by atomic mass is 9.83. The summed E-state index contributed by atoms with van der Waals surface area (Å²) in [6.07, 6.45) is 3.99. The van der Waals surface area contributed by atoms with Crippen LogP contribution in [0.4, 0.5) is 11.4 Å². The van der Waals surface area contributed by atoms with Crippen LogP contribution in [0, 0.1) is 5.92 Å². The second-order valence-corrected chi connectivity index (χ2v) is 8.66. The molecule has 8 heteroatoms. The molecule has 34 heavy (non-hydrogen) atoms. The Morgan fingerprint density at radius 3 is 2.65 bits per heavy atom. The smallest absolute Gasteiger partial charge is 0.264 e. The van der Waals surface area contributed by atoms with Gasteiger partial charge in [-0.25, -0.2) is 0 Å². The van der Waals surface area contributed by atoms with Crippen LogP contribution in [-0.4, -0.2) is 55.4 Å². The van der Waals surface area contributed by atoms with E-state index < -0.39 is 17.4 Å². The largest absolute Gasteiger partial charge is 0.497 e. The van der Waals surface area contributed by atoms with E-state index in [-0.39, 0.29) is 19.1 Å². The number of hydrogen-bond donors (Lipinski definition) is 3. The van der Waals surface area contributed by atoms with E-state index in [4.69, 9.17) is 9.84 Å². The SMILES string of the molecule is COc1ccc2c(c1)[C@@](O)([C@H](C)/C=C/CCO)C(=O)N2Cc1ccc(N2CCNCC2=O)cc1. The molecule has 0 saturated carbocycles. The summed E-state index contributed by atoms with van der Waals surface area (Å²) >= 11 is 0. The van der Waals surface area contributed by atoms with Crippen LogP contribution in [-0.2, 0) is 21.7 Å². The molecule has 180 valence electrons. The van der Waals surface area contributed by atoms with Crippen LogP contribution in [0.5, 0.6) is 5.75 Å². The van der Waals surface area contributed by atoms with Gasteiger partial charge < -0.3 is 30.1 Å². The van der Waals surface area contributed by atoms with Gasteiger partial charge in [0.1, 0.15) is 5.75 Å². The molecule has 2 aliphatic rings. The van der Waals surface area contributed by atoms with E-state index in [1.54, 1.807) is 54.2 Å². The predicted molar refractivity (Wildman–Crippen MR) is 130 cm³/mol. The van der Waals surface area contributed by atoms with Gasteiger partial charge in [-0.1, -0.05) is 31.2 Å². The maximum absolute atomic E-state index is 13.6. The zero-order valence-corrected chi connectivity index (χ0v) is 19.5. The van der Waals surface area contributed by atoms with E-state index >= 15 is 0 Å². The Morgan fingerprint density at radius 1 is 1.21 bits per heavy atom. The molecule has 0 bridgehead atoms. The van der Waals surface area contributed by atoms with Crippen LogP contribution < -0.4 is 19.9 Å². The number of aliphatic hydroxyl groups excluding tert-OH is 1. The molecule has 0 spiro atoms. The highest BCUT2D eigenvalue weighted by atomic mass is 16.5. The number of rotatable bonds is 8. The molecule has 1 saturated heterocycles. The second-order valence-electron chi connectivity index (χ2n) is 8.66. The topological polar surface area (TPSA) is 102 Å². The summed E-state index contributed by atoms with van der Waals surface area (Å²) < 4.78 is 5.35. The first-order valence-corrected chi connectivity index (χ1v) is 11.5. The van der Waals surface area contributed by atoms with Gasteiger partial charge in [-0.2, -0.15) is 0 Å². The fourth-order valence-corrected chi connectivity index (χ4v) is 4.57. The third-order valence-electron chi connectivity index (χ3n) is 6.53. The molecule has 0 aliphatic carbocycles. The maximum atomic E-state index is 13.6. The van der Waals surface area contributed by atoms with Gasteiger partial charge in [0.2, 0.25) is 5.91 Å². The van der Waals surface area contributed by atoms with Gasteiger partial charge in [-0.15, -0.1) is 0 Å². The minimum Gasteiger partial charge on any atom is -0.497 e. The number of fused-ring (bicyclic) bond motifs is 1. The Hall–Kier alpha value is -3.20. The van der Waals surface area contributed by atoms with Gasteiger partial charge >= 0.3 is 0 Å². The molecular weight excluding hydrogens is 434 g/mol. The minimum atomic E-state index is -1.75. The number of piperazine rings is 1. The van der Waals surface area contributed by atoms with E-state index in [0.717, 1.165) is 17.8 Å². The van der Waals surface area contributed by atoms with Crippen molar-refractivity contribution in [1.29, 1.82) is 0 Å². The summed E-state index contributed by atoms with van der Waals surface area (Å²) in [4.78, 5) is 29.1. The summed E-state index contributed by atoms with van der Waals surface area (Å²) in [6.45, 7) is 3.77. The number of hydrogen-bond acceptors (Lipinski definition) is 6. The summed E-state index contributed by atoms with van der Waals surface area (Å²) in [5, 5.41) is 23.8. The van der Waals surface area contributed by atoms with Crippen LogP contribution >= 0.6 is 0 Å². The van der Waals surface area contributed by atoms with Crippen LogP contribution in [0.2, 0.25) is 0 Å². The van der Waals surface area contributed by atoms with E-state index in [1.165, 1.54) is 0 Å². The van der Waals surface area contributed by atoms with Gasteiger partial charge in [0, 0.05) is 36.9 Å². The van der Waals surface area contributed by atoms with Crippen LogP contribution in [0.1, 0.15) is 24.5 Å². The van der Waals surface area contributed by atoms with Crippen molar-refractivity contribution in [3.05, 3.63) is 65.7 Å². The van der Waals surface area contributed by atoms with Crippen LogP contribution in [0.15, 0.2) is 54.6 Å².